The Labute approximate surface area is 125 Å². The van der Waals surface area contributed by atoms with Gasteiger partial charge in [0.2, 0.25) is 0 Å². The van der Waals surface area contributed by atoms with Gasteiger partial charge in [0.05, 0.1) is 11.6 Å². The van der Waals surface area contributed by atoms with Crippen LogP contribution >= 0.6 is 15.9 Å². The summed E-state index contributed by atoms with van der Waals surface area (Å²) < 4.78 is 6.31. The predicted octanol–water partition coefficient (Wildman–Crippen LogP) is 4.33. The van der Waals surface area contributed by atoms with Crippen molar-refractivity contribution in [1.29, 1.82) is 0 Å². The summed E-state index contributed by atoms with van der Waals surface area (Å²) in [4.78, 5) is 2.56. The van der Waals surface area contributed by atoms with Crippen molar-refractivity contribution in [2.45, 2.75) is 33.7 Å². The van der Waals surface area contributed by atoms with Gasteiger partial charge < -0.3 is 4.74 Å². The van der Waals surface area contributed by atoms with Crippen LogP contribution in [0.1, 0.15) is 32.8 Å². The second kappa shape index (κ2) is 5.84. The number of rotatable bonds is 3. The normalized spacial score (nSPS) is 20.8. The molecule has 0 saturated carbocycles. The highest BCUT2D eigenvalue weighted by atomic mass is 79.9. The largest absolute Gasteiger partial charge is 0.496 e. The fraction of sp³-hybridized carbons (Fsp3) is 0.625. The molecule has 3 heteroatoms. The predicted molar refractivity (Wildman–Crippen MR) is 83.5 cm³/mol. The summed E-state index contributed by atoms with van der Waals surface area (Å²) in [6, 6.07) is 6.37. The highest BCUT2D eigenvalue weighted by molar-refractivity contribution is 9.10. The van der Waals surface area contributed by atoms with Gasteiger partial charge in [0.25, 0.3) is 0 Å². The summed E-state index contributed by atoms with van der Waals surface area (Å²) in [6.45, 7) is 10.5. The third-order valence-corrected chi connectivity index (χ3v) is 4.74. The average Bonchev–Trinajstić information content (AvgIpc) is 2.77. The van der Waals surface area contributed by atoms with Gasteiger partial charge in [-0.05, 0) is 57.9 Å². The van der Waals surface area contributed by atoms with E-state index in [0.29, 0.717) is 5.41 Å². The summed E-state index contributed by atoms with van der Waals surface area (Å²) in [5.41, 5.74) is 1.78. The SMILES string of the molecule is COc1ccc(CN2CCC(C(C)(C)C)C2)cc1Br. The van der Waals surface area contributed by atoms with Crippen LogP contribution in [0.5, 0.6) is 5.75 Å². The first-order valence-electron chi connectivity index (χ1n) is 6.95. The lowest BCUT2D eigenvalue weighted by atomic mass is 9.80. The van der Waals surface area contributed by atoms with Crippen molar-refractivity contribution in [3.63, 3.8) is 0 Å². The monoisotopic (exact) mass is 325 g/mol. The first-order chi connectivity index (χ1) is 8.90. The lowest BCUT2D eigenvalue weighted by molar-refractivity contribution is 0.226. The lowest BCUT2D eigenvalue weighted by Gasteiger charge is -2.27. The molecule has 1 aliphatic heterocycles. The molecule has 0 spiro atoms. The van der Waals surface area contributed by atoms with Crippen molar-refractivity contribution < 1.29 is 4.74 Å². The molecule has 1 aromatic carbocycles. The van der Waals surface area contributed by atoms with Crippen LogP contribution in [0, 0.1) is 11.3 Å². The molecule has 0 N–H and O–H groups in total. The summed E-state index contributed by atoms with van der Waals surface area (Å²) in [5.74, 6) is 1.71. The minimum absolute atomic E-state index is 0.426. The minimum Gasteiger partial charge on any atom is -0.496 e. The molecule has 0 aromatic heterocycles. The number of methoxy groups -OCH3 is 1. The smallest absolute Gasteiger partial charge is 0.133 e. The van der Waals surface area contributed by atoms with Crippen LogP contribution < -0.4 is 4.74 Å². The van der Waals surface area contributed by atoms with Crippen LogP contribution in [-0.2, 0) is 6.54 Å². The Morgan fingerprint density at radius 2 is 2.11 bits per heavy atom. The van der Waals surface area contributed by atoms with Crippen LogP contribution in [-0.4, -0.2) is 25.1 Å². The molecule has 0 bridgehead atoms. The van der Waals surface area contributed by atoms with Crippen LogP contribution in [0.4, 0.5) is 0 Å². The second-order valence-electron chi connectivity index (χ2n) is 6.56. The molecule has 1 heterocycles. The van der Waals surface area contributed by atoms with Crippen molar-refractivity contribution in [2.24, 2.45) is 11.3 Å². The van der Waals surface area contributed by atoms with Gasteiger partial charge in [0.1, 0.15) is 5.75 Å². The van der Waals surface area contributed by atoms with Gasteiger partial charge in [-0.2, -0.15) is 0 Å². The molecule has 1 atom stereocenters. The fourth-order valence-electron chi connectivity index (χ4n) is 2.75. The number of hydrogen-bond donors (Lipinski definition) is 0. The van der Waals surface area contributed by atoms with E-state index in [0.717, 1.165) is 22.7 Å². The molecular formula is C16H24BrNO. The van der Waals surface area contributed by atoms with Gasteiger partial charge in [-0.25, -0.2) is 0 Å². The molecule has 0 radical (unpaired) electrons. The molecule has 106 valence electrons. The Hall–Kier alpha value is -0.540. The van der Waals surface area contributed by atoms with Gasteiger partial charge in [-0.3, -0.25) is 4.90 Å². The Bertz CT molecular complexity index is 439. The summed E-state index contributed by atoms with van der Waals surface area (Å²) in [5, 5.41) is 0. The maximum Gasteiger partial charge on any atom is 0.133 e. The van der Waals surface area contributed by atoms with Crippen LogP contribution in [0.15, 0.2) is 22.7 Å². The Morgan fingerprint density at radius 1 is 1.37 bits per heavy atom. The average molecular weight is 326 g/mol. The van der Waals surface area contributed by atoms with Crippen molar-refractivity contribution in [3.05, 3.63) is 28.2 Å². The number of halogens is 1. The zero-order valence-electron chi connectivity index (χ0n) is 12.4. The van der Waals surface area contributed by atoms with Gasteiger partial charge in [0.15, 0.2) is 0 Å². The topological polar surface area (TPSA) is 12.5 Å². The molecule has 0 amide bonds. The van der Waals surface area contributed by atoms with Crippen LogP contribution in [0.25, 0.3) is 0 Å². The van der Waals surface area contributed by atoms with Gasteiger partial charge >= 0.3 is 0 Å². The van der Waals surface area contributed by atoms with E-state index in [1.165, 1.54) is 25.1 Å². The van der Waals surface area contributed by atoms with E-state index in [4.69, 9.17) is 4.74 Å². The second-order valence-corrected chi connectivity index (χ2v) is 7.41. The maximum atomic E-state index is 5.27. The van der Waals surface area contributed by atoms with Crippen molar-refractivity contribution in [1.82, 2.24) is 4.90 Å². The molecule has 0 aliphatic carbocycles. The molecule has 1 aromatic rings. The quantitative estimate of drug-likeness (QED) is 0.820. The van der Waals surface area contributed by atoms with E-state index in [1.54, 1.807) is 7.11 Å². The molecule has 2 nitrogen and oxygen atoms in total. The zero-order chi connectivity index (χ0) is 14.0. The first-order valence-corrected chi connectivity index (χ1v) is 7.74. The van der Waals surface area contributed by atoms with Crippen LogP contribution in [0.3, 0.4) is 0 Å². The Balaban J connectivity index is 1.98. The number of ether oxygens (including phenoxy) is 1. The van der Waals surface area contributed by atoms with Gasteiger partial charge in [-0.1, -0.05) is 26.8 Å². The van der Waals surface area contributed by atoms with Gasteiger partial charge in [-0.15, -0.1) is 0 Å². The number of likely N-dealkylation sites (tertiary alicyclic amines) is 1. The van der Waals surface area contributed by atoms with E-state index in [9.17, 15) is 0 Å². The summed E-state index contributed by atoms with van der Waals surface area (Å²) in [6.07, 6.45) is 1.32. The maximum absolute atomic E-state index is 5.27. The summed E-state index contributed by atoms with van der Waals surface area (Å²) >= 11 is 3.56. The third kappa shape index (κ3) is 3.73. The highest BCUT2D eigenvalue weighted by Gasteiger charge is 2.31. The molecule has 1 saturated heterocycles. The minimum atomic E-state index is 0.426. The molecular weight excluding hydrogens is 302 g/mol. The number of hydrogen-bond acceptors (Lipinski definition) is 2. The molecule has 2 rings (SSSR count). The van der Waals surface area contributed by atoms with E-state index < -0.39 is 0 Å². The fourth-order valence-corrected chi connectivity index (χ4v) is 3.34. The van der Waals surface area contributed by atoms with Crippen molar-refractivity contribution in [2.75, 3.05) is 20.2 Å². The first kappa shape index (κ1) is 14.9. The van der Waals surface area contributed by atoms with Crippen molar-refractivity contribution >= 4 is 15.9 Å². The third-order valence-electron chi connectivity index (χ3n) is 4.12. The number of benzene rings is 1. The van der Waals surface area contributed by atoms with E-state index >= 15 is 0 Å². The molecule has 19 heavy (non-hydrogen) atoms. The zero-order valence-corrected chi connectivity index (χ0v) is 14.0. The standard InChI is InChI=1S/C16H24BrNO/c1-16(2,3)13-7-8-18(11-13)10-12-5-6-15(19-4)14(17)9-12/h5-6,9,13H,7-8,10-11H2,1-4H3. The molecule has 1 unspecified atom stereocenters. The van der Waals surface area contributed by atoms with E-state index in [1.807, 2.05) is 6.07 Å². The van der Waals surface area contributed by atoms with E-state index in [2.05, 4.69) is 53.7 Å². The molecule has 1 aliphatic rings. The highest BCUT2D eigenvalue weighted by Crippen LogP contribution is 2.34. The molecule has 1 fully saturated rings. The summed E-state index contributed by atoms with van der Waals surface area (Å²) in [7, 11) is 1.70. The lowest BCUT2D eigenvalue weighted by Crippen LogP contribution is -2.25. The van der Waals surface area contributed by atoms with E-state index in [-0.39, 0.29) is 0 Å². The Morgan fingerprint density at radius 3 is 2.63 bits per heavy atom. The Kier molecular flexibility index (Phi) is 4.57. The number of nitrogens with zero attached hydrogens (tertiary/aromatic N) is 1. The van der Waals surface area contributed by atoms with Crippen LogP contribution in [0.2, 0.25) is 0 Å². The van der Waals surface area contributed by atoms with Gasteiger partial charge in [0, 0.05) is 13.1 Å². The van der Waals surface area contributed by atoms with Crippen molar-refractivity contribution in [3.8, 4) is 5.75 Å².